The fourth-order valence-electron chi connectivity index (χ4n) is 2.35. The van der Waals surface area contributed by atoms with Gasteiger partial charge in [0.1, 0.15) is 0 Å². The monoisotopic (exact) mass is 182 g/mol. The van der Waals surface area contributed by atoms with Gasteiger partial charge in [-0.1, -0.05) is 12.8 Å². The van der Waals surface area contributed by atoms with E-state index in [0.29, 0.717) is 12.1 Å². The highest BCUT2D eigenvalue weighted by molar-refractivity contribution is 5.86. The number of fused-ring (bicyclic) bond motifs is 1. The van der Waals surface area contributed by atoms with Crippen molar-refractivity contribution >= 4 is 5.91 Å². The van der Waals surface area contributed by atoms with E-state index in [1.54, 1.807) is 0 Å². The van der Waals surface area contributed by atoms with E-state index in [9.17, 15) is 4.79 Å². The topological polar surface area (TPSA) is 41.1 Å². The molecule has 0 aromatic rings. The lowest BCUT2D eigenvalue weighted by atomic mass is 9.84. The summed E-state index contributed by atoms with van der Waals surface area (Å²) >= 11 is 0. The van der Waals surface area contributed by atoms with Crippen LogP contribution in [0.2, 0.25) is 0 Å². The van der Waals surface area contributed by atoms with Crippen molar-refractivity contribution in [3.05, 3.63) is 0 Å². The highest BCUT2D eigenvalue weighted by Crippen LogP contribution is 2.24. The SMILES string of the molecule is CC1(C)N[C@@H]2CCCC[C@@H]2NC1=O. The van der Waals surface area contributed by atoms with Gasteiger partial charge in [-0.05, 0) is 26.7 Å². The molecule has 3 nitrogen and oxygen atoms in total. The Hall–Kier alpha value is -0.570. The van der Waals surface area contributed by atoms with Crippen LogP contribution in [-0.4, -0.2) is 23.5 Å². The van der Waals surface area contributed by atoms with E-state index < -0.39 is 0 Å². The third kappa shape index (κ3) is 1.57. The Morgan fingerprint density at radius 1 is 1.23 bits per heavy atom. The molecule has 1 saturated carbocycles. The van der Waals surface area contributed by atoms with Gasteiger partial charge in [0, 0.05) is 12.1 Å². The summed E-state index contributed by atoms with van der Waals surface area (Å²) < 4.78 is 0. The number of carbonyl (C=O) groups excluding carboxylic acids is 1. The van der Waals surface area contributed by atoms with Crippen molar-refractivity contribution in [3.8, 4) is 0 Å². The molecule has 0 aromatic carbocycles. The van der Waals surface area contributed by atoms with Crippen LogP contribution in [0.5, 0.6) is 0 Å². The molecule has 1 saturated heterocycles. The van der Waals surface area contributed by atoms with Crippen LogP contribution in [0.15, 0.2) is 0 Å². The van der Waals surface area contributed by atoms with E-state index >= 15 is 0 Å². The van der Waals surface area contributed by atoms with Crippen molar-refractivity contribution in [2.75, 3.05) is 0 Å². The van der Waals surface area contributed by atoms with Crippen LogP contribution in [0.25, 0.3) is 0 Å². The second-order valence-corrected chi connectivity index (χ2v) is 4.74. The molecule has 3 heteroatoms. The highest BCUT2D eigenvalue weighted by atomic mass is 16.2. The van der Waals surface area contributed by atoms with Gasteiger partial charge in [0.25, 0.3) is 0 Å². The van der Waals surface area contributed by atoms with Crippen LogP contribution in [0.3, 0.4) is 0 Å². The van der Waals surface area contributed by atoms with Crippen molar-refractivity contribution in [3.63, 3.8) is 0 Å². The minimum Gasteiger partial charge on any atom is -0.350 e. The molecule has 0 aromatic heterocycles. The second-order valence-electron chi connectivity index (χ2n) is 4.74. The van der Waals surface area contributed by atoms with E-state index in [4.69, 9.17) is 0 Å². The van der Waals surface area contributed by atoms with Crippen molar-refractivity contribution in [1.29, 1.82) is 0 Å². The molecule has 13 heavy (non-hydrogen) atoms. The average molecular weight is 182 g/mol. The maximum atomic E-state index is 11.6. The second kappa shape index (κ2) is 2.98. The molecule has 2 atom stereocenters. The van der Waals surface area contributed by atoms with Crippen molar-refractivity contribution < 1.29 is 4.79 Å². The minimum atomic E-state index is -0.376. The molecule has 2 fully saturated rings. The number of hydrogen-bond acceptors (Lipinski definition) is 2. The zero-order valence-corrected chi connectivity index (χ0v) is 8.39. The summed E-state index contributed by atoms with van der Waals surface area (Å²) in [6.07, 6.45) is 4.89. The molecule has 1 heterocycles. The lowest BCUT2D eigenvalue weighted by molar-refractivity contribution is -0.130. The molecule has 0 unspecified atom stereocenters. The standard InChI is InChI=1S/C10H18N2O/c1-10(2)9(13)11-7-5-3-4-6-8(7)12-10/h7-8,12H,3-6H2,1-2H3,(H,11,13)/t7-,8+/m0/s1. The molecular weight excluding hydrogens is 164 g/mol. The minimum absolute atomic E-state index is 0.149. The smallest absolute Gasteiger partial charge is 0.240 e. The first kappa shape index (κ1) is 9.00. The predicted octanol–water partition coefficient (Wildman–Crippen LogP) is 0.796. The van der Waals surface area contributed by atoms with Crippen LogP contribution >= 0.6 is 0 Å². The first-order valence-electron chi connectivity index (χ1n) is 5.18. The molecule has 0 spiro atoms. The quantitative estimate of drug-likeness (QED) is 0.581. The summed E-state index contributed by atoms with van der Waals surface area (Å²) in [7, 11) is 0. The third-order valence-electron chi connectivity index (χ3n) is 3.20. The van der Waals surface area contributed by atoms with Crippen LogP contribution in [0.1, 0.15) is 39.5 Å². The molecule has 1 aliphatic carbocycles. The molecule has 1 aliphatic heterocycles. The lowest BCUT2D eigenvalue weighted by Crippen LogP contribution is -2.69. The van der Waals surface area contributed by atoms with Gasteiger partial charge >= 0.3 is 0 Å². The normalized spacial score (nSPS) is 37.8. The summed E-state index contributed by atoms with van der Waals surface area (Å²) in [5.74, 6) is 0.149. The van der Waals surface area contributed by atoms with Gasteiger partial charge in [-0.3, -0.25) is 10.1 Å². The Balaban J connectivity index is 2.10. The van der Waals surface area contributed by atoms with E-state index in [2.05, 4.69) is 10.6 Å². The molecule has 1 amide bonds. The van der Waals surface area contributed by atoms with E-state index in [1.807, 2.05) is 13.8 Å². The Labute approximate surface area is 79.3 Å². The summed E-state index contributed by atoms with van der Waals surface area (Å²) in [4.78, 5) is 11.6. The van der Waals surface area contributed by atoms with Crippen LogP contribution in [0.4, 0.5) is 0 Å². The van der Waals surface area contributed by atoms with Gasteiger partial charge < -0.3 is 5.32 Å². The fraction of sp³-hybridized carbons (Fsp3) is 0.900. The number of piperazine rings is 1. The van der Waals surface area contributed by atoms with Crippen LogP contribution < -0.4 is 10.6 Å². The Morgan fingerprint density at radius 3 is 2.54 bits per heavy atom. The van der Waals surface area contributed by atoms with Crippen molar-refractivity contribution in [2.24, 2.45) is 0 Å². The number of amides is 1. The highest BCUT2D eigenvalue weighted by Gasteiger charge is 2.40. The van der Waals surface area contributed by atoms with Crippen molar-refractivity contribution in [1.82, 2.24) is 10.6 Å². The summed E-state index contributed by atoms with van der Waals surface area (Å²) in [6, 6.07) is 0.885. The zero-order valence-electron chi connectivity index (χ0n) is 8.39. The summed E-state index contributed by atoms with van der Waals surface area (Å²) in [6.45, 7) is 3.90. The molecule has 74 valence electrons. The van der Waals surface area contributed by atoms with Gasteiger partial charge in [-0.2, -0.15) is 0 Å². The molecule has 2 aliphatic rings. The largest absolute Gasteiger partial charge is 0.350 e. The average Bonchev–Trinajstić information content (AvgIpc) is 2.06. The zero-order chi connectivity index (χ0) is 9.47. The maximum absolute atomic E-state index is 11.6. The van der Waals surface area contributed by atoms with E-state index in [-0.39, 0.29) is 11.4 Å². The van der Waals surface area contributed by atoms with Gasteiger partial charge in [-0.15, -0.1) is 0 Å². The molecule has 2 N–H and O–H groups in total. The van der Waals surface area contributed by atoms with E-state index in [0.717, 1.165) is 6.42 Å². The van der Waals surface area contributed by atoms with Gasteiger partial charge in [-0.25, -0.2) is 0 Å². The van der Waals surface area contributed by atoms with Gasteiger partial charge in [0.15, 0.2) is 0 Å². The molecular formula is C10H18N2O. The fourth-order valence-corrected chi connectivity index (χ4v) is 2.35. The number of carbonyl (C=O) groups is 1. The summed E-state index contributed by atoms with van der Waals surface area (Å²) in [5, 5.41) is 6.54. The van der Waals surface area contributed by atoms with Gasteiger partial charge in [0.05, 0.1) is 5.54 Å². The van der Waals surface area contributed by atoms with Crippen molar-refractivity contribution in [2.45, 2.75) is 57.2 Å². The first-order chi connectivity index (χ1) is 6.09. The van der Waals surface area contributed by atoms with E-state index in [1.165, 1.54) is 19.3 Å². The molecule has 0 bridgehead atoms. The molecule has 0 radical (unpaired) electrons. The van der Waals surface area contributed by atoms with Crippen LogP contribution in [-0.2, 0) is 4.79 Å². The third-order valence-corrected chi connectivity index (χ3v) is 3.20. The number of hydrogen-bond donors (Lipinski definition) is 2. The Kier molecular flexibility index (Phi) is 2.06. The summed E-state index contributed by atoms with van der Waals surface area (Å²) in [5.41, 5.74) is -0.376. The first-order valence-corrected chi connectivity index (χ1v) is 5.18. The lowest BCUT2D eigenvalue weighted by Gasteiger charge is -2.44. The maximum Gasteiger partial charge on any atom is 0.240 e. The number of nitrogens with one attached hydrogen (secondary N) is 2. The molecule has 2 rings (SSSR count). The Bertz CT molecular complexity index is 225. The van der Waals surface area contributed by atoms with Crippen LogP contribution in [0, 0.1) is 0 Å². The number of rotatable bonds is 0. The Morgan fingerprint density at radius 2 is 1.85 bits per heavy atom. The predicted molar refractivity (Wildman–Crippen MR) is 51.4 cm³/mol. The van der Waals surface area contributed by atoms with Gasteiger partial charge in [0.2, 0.25) is 5.91 Å².